The fraction of sp³-hybridized carbons (Fsp3) is 0.667. The van der Waals surface area contributed by atoms with Crippen LogP contribution in [0.1, 0.15) is 65.1 Å². The molecule has 26 heavy (non-hydrogen) atoms. The zero-order valence-corrected chi connectivity index (χ0v) is 16.0. The third-order valence-electron chi connectivity index (χ3n) is 5.82. The van der Waals surface area contributed by atoms with Gasteiger partial charge >= 0.3 is 0 Å². The van der Waals surface area contributed by atoms with Crippen molar-refractivity contribution in [2.24, 2.45) is 22.7 Å². The average Bonchev–Trinajstić information content (AvgIpc) is 2.95. The Labute approximate surface area is 154 Å². The van der Waals surface area contributed by atoms with Crippen molar-refractivity contribution < 1.29 is 23.9 Å². The number of hydrogen-bond acceptors (Lipinski definition) is 5. The molecule has 0 aromatic carbocycles. The number of Topliss-reactive ketones (excluding diaryl/α,β-unsaturated/α-hetero) is 3. The lowest BCUT2D eigenvalue weighted by Gasteiger charge is -2.43. The van der Waals surface area contributed by atoms with Gasteiger partial charge in [0, 0.05) is 25.2 Å². The van der Waals surface area contributed by atoms with Gasteiger partial charge in [-0.3, -0.25) is 14.4 Å². The minimum absolute atomic E-state index is 0.0967. The summed E-state index contributed by atoms with van der Waals surface area (Å²) in [6.45, 7) is 7.71. The summed E-state index contributed by atoms with van der Waals surface area (Å²) >= 11 is 0. The highest BCUT2D eigenvalue weighted by Gasteiger charge is 2.52. The summed E-state index contributed by atoms with van der Waals surface area (Å²) in [7, 11) is 0. The highest BCUT2D eigenvalue weighted by Crippen LogP contribution is 2.48. The van der Waals surface area contributed by atoms with Crippen molar-refractivity contribution in [3.05, 3.63) is 24.2 Å². The molecule has 0 amide bonds. The van der Waals surface area contributed by atoms with Crippen LogP contribution >= 0.6 is 0 Å². The van der Waals surface area contributed by atoms with Crippen LogP contribution in [-0.2, 0) is 14.4 Å². The molecule has 2 aliphatic rings. The molecular formula is C21H28O5. The average molecular weight is 360 g/mol. The van der Waals surface area contributed by atoms with Crippen LogP contribution in [0.25, 0.3) is 0 Å². The molecule has 1 N–H and O–H groups in total. The molecule has 142 valence electrons. The molecule has 1 heterocycles. The molecule has 0 spiro atoms. The lowest BCUT2D eigenvalue weighted by molar-refractivity contribution is -0.146. The van der Waals surface area contributed by atoms with Crippen LogP contribution in [0.2, 0.25) is 0 Å². The third-order valence-corrected chi connectivity index (χ3v) is 5.82. The number of furan rings is 1. The van der Waals surface area contributed by atoms with Gasteiger partial charge in [0.25, 0.3) is 0 Å². The van der Waals surface area contributed by atoms with E-state index in [4.69, 9.17) is 4.42 Å². The topological polar surface area (TPSA) is 84.6 Å². The molecule has 0 bridgehead atoms. The lowest BCUT2D eigenvalue weighted by Crippen LogP contribution is -2.49. The summed E-state index contributed by atoms with van der Waals surface area (Å²) in [6, 6.07) is 3.39. The monoisotopic (exact) mass is 360 g/mol. The van der Waals surface area contributed by atoms with Crippen LogP contribution in [-0.4, -0.2) is 28.6 Å². The van der Waals surface area contributed by atoms with E-state index in [2.05, 4.69) is 0 Å². The Hall–Kier alpha value is -1.75. The fourth-order valence-electron chi connectivity index (χ4n) is 4.84. The highest BCUT2D eigenvalue weighted by atomic mass is 16.3. The second-order valence-corrected chi connectivity index (χ2v) is 9.57. The zero-order chi connectivity index (χ0) is 19.3. The molecule has 0 aliphatic heterocycles. The Bertz CT molecular complexity index is 693. The highest BCUT2D eigenvalue weighted by molar-refractivity contribution is 6.06. The summed E-state index contributed by atoms with van der Waals surface area (Å²) in [5.74, 6) is -2.39. The van der Waals surface area contributed by atoms with Crippen molar-refractivity contribution in [1.29, 1.82) is 0 Å². The number of aliphatic hydroxyl groups excluding tert-OH is 1. The van der Waals surface area contributed by atoms with Gasteiger partial charge in [-0.05, 0) is 29.4 Å². The number of carbonyl (C=O) groups excluding carboxylic acids is 3. The Morgan fingerprint density at radius 2 is 1.58 bits per heavy atom. The second-order valence-electron chi connectivity index (χ2n) is 9.57. The van der Waals surface area contributed by atoms with E-state index in [-0.39, 0.29) is 28.2 Å². The van der Waals surface area contributed by atoms with E-state index in [1.165, 1.54) is 6.26 Å². The molecule has 2 aliphatic carbocycles. The van der Waals surface area contributed by atoms with Gasteiger partial charge in [0.15, 0.2) is 0 Å². The van der Waals surface area contributed by atoms with Gasteiger partial charge in [-0.25, -0.2) is 0 Å². The predicted molar refractivity (Wildman–Crippen MR) is 95.5 cm³/mol. The Kier molecular flexibility index (Phi) is 4.72. The molecule has 3 atom stereocenters. The van der Waals surface area contributed by atoms with Gasteiger partial charge in [-0.1, -0.05) is 27.7 Å². The minimum Gasteiger partial charge on any atom is -0.469 e. The predicted octanol–water partition coefficient (Wildman–Crippen LogP) is 3.30. The van der Waals surface area contributed by atoms with Crippen molar-refractivity contribution in [2.75, 3.05) is 0 Å². The quantitative estimate of drug-likeness (QED) is 0.836. The standard InChI is InChI=1S/C21H28O5/c1-20(2)8-12(22)17(13(23)9-20)19(16-6-5-7-26-16)18-14(24)10-21(3,4)11-15(18)25/h5-7,12,17-19,22H,8-11H2,1-4H3/t12-,17?,19?/m0/s1. The van der Waals surface area contributed by atoms with Gasteiger partial charge in [0.1, 0.15) is 23.1 Å². The summed E-state index contributed by atoms with van der Waals surface area (Å²) in [6.07, 6.45) is 1.96. The van der Waals surface area contributed by atoms with Gasteiger partial charge < -0.3 is 9.52 Å². The van der Waals surface area contributed by atoms with E-state index < -0.39 is 23.9 Å². The lowest BCUT2D eigenvalue weighted by atomic mass is 9.60. The summed E-state index contributed by atoms with van der Waals surface area (Å²) in [5.41, 5.74) is -0.654. The van der Waals surface area contributed by atoms with E-state index in [1.54, 1.807) is 12.1 Å². The van der Waals surface area contributed by atoms with E-state index in [0.29, 0.717) is 31.4 Å². The van der Waals surface area contributed by atoms with E-state index in [1.807, 2.05) is 27.7 Å². The van der Waals surface area contributed by atoms with Crippen molar-refractivity contribution >= 4 is 17.3 Å². The zero-order valence-electron chi connectivity index (χ0n) is 16.0. The Morgan fingerprint density at radius 3 is 2.08 bits per heavy atom. The first kappa shape index (κ1) is 19.0. The molecule has 1 aromatic heterocycles. The second kappa shape index (κ2) is 6.45. The number of rotatable bonds is 3. The number of aliphatic hydroxyl groups is 1. The third kappa shape index (κ3) is 3.54. The number of hydrogen-bond donors (Lipinski definition) is 1. The number of carbonyl (C=O) groups is 3. The molecule has 5 heteroatoms. The van der Waals surface area contributed by atoms with Gasteiger partial charge in [-0.15, -0.1) is 0 Å². The summed E-state index contributed by atoms with van der Waals surface area (Å²) < 4.78 is 5.53. The SMILES string of the molecule is CC1(C)CC(=O)C(C(c2ccco2)C2C(=O)CC(C)(C)C[C@@H]2O)C(=O)C1. The summed E-state index contributed by atoms with van der Waals surface area (Å²) in [4.78, 5) is 38.7. The van der Waals surface area contributed by atoms with E-state index in [0.717, 1.165) is 0 Å². The maximum atomic E-state index is 12.9. The van der Waals surface area contributed by atoms with Crippen LogP contribution < -0.4 is 0 Å². The minimum atomic E-state index is -0.918. The molecule has 3 rings (SSSR count). The Morgan fingerprint density at radius 1 is 1.00 bits per heavy atom. The van der Waals surface area contributed by atoms with Gasteiger partial charge in [-0.2, -0.15) is 0 Å². The van der Waals surface area contributed by atoms with Crippen molar-refractivity contribution in [3.8, 4) is 0 Å². The molecule has 2 unspecified atom stereocenters. The molecular weight excluding hydrogens is 332 g/mol. The van der Waals surface area contributed by atoms with Gasteiger partial charge in [0.2, 0.25) is 0 Å². The van der Waals surface area contributed by atoms with Crippen LogP contribution in [0.4, 0.5) is 0 Å². The molecule has 0 saturated heterocycles. The fourth-order valence-corrected chi connectivity index (χ4v) is 4.84. The largest absolute Gasteiger partial charge is 0.469 e. The first-order chi connectivity index (χ1) is 12.0. The first-order valence-corrected chi connectivity index (χ1v) is 9.30. The maximum absolute atomic E-state index is 12.9. The summed E-state index contributed by atoms with van der Waals surface area (Å²) in [5, 5.41) is 10.8. The van der Waals surface area contributed by atoms with E-state index in [9.17, 15) is 19.5 Å². The first-order valence-electron chi connectivity index (χ1n) is 9.30. The van der Waals surface area contributed by atoms with Crippen LogP contribution in [0.3, 0.4) is 0 Å². The molecule has 2 saturated carbocycles. The maximum Gasteiger partial charge on any atom is 0.144 e. The van der Waals surface area contributed by atoms with E-state index >= 15 is 0 Å². The van der Waals surface area contributed by atoms with Gasteiger partial charge in [0.05, 0.1) is 24.2 Å². The van der Waals surface area contributed by atoms with Crippen molar-refractivity contribution in [3.63, 3.8) is 0 Å². The smallest absolute Gasteiger partial charge is 0.144 e. The van der Waals surface area contributed by atoms with Crippen LogP contribution in [0.5, 0.6) is 0 Å². The van der Waals surface area contributed by atoms with Crippen LogP contribution in [0.15, 0.2) is 22.8 Å². The molecule has 2 fully saturated rings. The van der Waals surface area contributed by atoms with Crippen LogP contribution in [0, 0.1) is 22.7 Å². The Balaban J connectivity index is 2.01. The number of ketones is 3. The molecule has 5 nitrogen and oxygen atoms in total. The molecule has 0 radical (unpaired) electrons. The van der Waals surface area contributed by atoms with Crippen molar-refractivity contribution in [1.82, 2.24) is 0 Å². The van der Waals surface area contributed by atoms with Crippen molar-refractivity contribution in [2.45, 2.75) is 65.4 Å². The molecule has 1 aromatic rings. The normalized spacial score (nSPS) is 30.4.